The van der Waals surface area contributed by atoms with Crippen LogP contribution < -0.4 is 10.9 Å². The van der Waals surface area contributed by atoms with Gasteiger partial charge in [-0.05, 0) is 43.7 Å². The van der Waals surface area contributed by atoms with Crippen molar-refractivity contribution in [1.29, 1.82) is 0 Å². The molecule has 3 aromatic rings. The van der Waals surface area contributed by atoms with E-state index in [0.29, 0.717) is 36.8 Å². The van der Waals surface area contributed by atoms with Crippen LogP contribution in [0.4, 0.5) is 5.82 Å². The summed E-state index contributed by atoms with van der Waals surface area (Å²) in [5, 5.41) is 3.92. The second kappa shape index (κ2) is 8.79. The predicted octanol–water partition coefficient (Wildman–Crippen LogP) is 3.73. The van der Waals surface area contributed by atoms with Crippen molar-refractivity contribution in [3.63, 3.8) is 0 Å². The van der Waals surface area contributed by atoms with Gasteiger partial charge in [0.05, 0.1) is 13.2 Å². The molecule has 0 spiro atoms. The fraction of sp³-hybridized carbons (Fsp3) is 0.250. The maximum absolute atomic E-state index is 11.9. The molecule has 0 aliphatic rings. The van der Waals surface area contributed by atoms with Crippen LogP contribution in [-0.2, 0) is 11.3 Å². The van der Waals surface area contributed by atoms with Gasteiger partial charge in [0.15, 0.2) is 0 Å². The maximum Gasteiger partial charge on any atom is 0.254 e. The van der Waals surface area contributed by atoms with Crippen LogP contribution in [0.25, 0.3) is 11.4 Å². The Morgan fingerprint density at radius 3 is 2.59 bits per heavy atom. The lowest BCUT2D eigenvalue weighted by atomic mass is 10.2. The van der Waals surface area contributed by atoms with E-state index < -0.39 is 0 Å². The maximum atomic E-state index is 11.9. The first kappa shape index (κ1) is 19.1. The van der Waals surface area contributed by atoms with E-state index >= 15 is 0 Å². The van der Waals surface area contributed by atoms with Gasteiger partial charge in [-0.2, -0.15) is 0 Å². The molecule has 0 aliphatic heterocycles. The van der Waals surface area contributed by atoms with E-state index in [1.54, 1.807) is 13.1 Å². The quantitative estimate of drug-likeness (QED) is 0.607. The van der Waals surface area contributed by atoms with E-state index in [2.05, 4.69) is 20.3 Å². The zero-order valence-corrected chi connectivity index (χ0v) is 16.0. The third kappa shape index (κ3) is 5.15. The minimum absolute atomic E-state index is 0.127. The normalized spacial score (nSPS) is 10.8. The molecule has 6 nitrogen and oxygen atoms in total. The minimum atomic E-state index is -0.127. The second-order valence-corrected chi connectivity index (χ2v) is 6.60. The highest BCUT2D eigenvalue weighted by molar-refractivity contribution is 6.30. The topological polar surface area (TPSA) is 79.9 Å². The van der Waals surface area contributed by atoms with Gasteiger partial charge in [0, 0.05) is 34.6 Å². The average Bonchev–Trinajstić information content (AvgIpc) is 2.67. The summed E-state index contributed by atoms with van der Waals surface area (Å²) < 4.78 is 5.63. The number of halogens is 1. The van der Waals surface area contributed by atoms with Gasteiger partial charge in [-0.15, -0.1) is 0 Å². The molecule has 0 unspecified atom stereocenters. The Morgan fingerprint density at radius 1 is 1.15 bits per heavy atom. The number of hydrogen-bond donors (Lipinski definition) is 2. The molecule has 0 fully saturated rings. The van der Waals surface area contributed by atoms with Crippen LogP contribution in [0.2, 0.25) is 5.02 Å². The van der Waals surface area contributed by atoms with E-state index in [9.17, 15) is 4.79 Å². The predicted molar refractivity (Wildman–Crippen MR) is 107 cm³/mol. The fourth-order valence-electron chi connectivity index (χ4n) is 2.44. The summed E-state index contributed by atoms with van der Waals surface area (Å²) >= 11 is 5.86. The Morgan fingerprint density at radius 2 is 1.93 bits per heavy atom. The van der Waals surface area contributed by atoms with Gasteiger partial charge >= 0.3 is 0 Å². The van der Waals surface area contributed by atoms with E-state index in [1.807, 2.05) is 43.3 Å². The number of rotatable bonds is 7. The molecule has 0 saturated heterocycles. The van der Waals surface area contributed by atoms with Crippen molar-refractivity contribution in [2.24, 2.45) is 0 Å². The summed E-state index contributed by atoms with van der Waals surface area (Å²) in [6.07, 6.45) is 1.68. The zero-order chi connectivity index (χ0) is 19.2. The van der Waals surface area contributed by atoms with Gasteiger partial charge in [-0.25, -0.2) is 9.97 Å². The molecule has 0 saturated carbocycles. The number of aromatic amines is 1. The van der Waals surface area contributed by atoms with Crippen LogP contribution in [0.1, 0.15) is 16.8 Å². The Balaban J connectivity index is 1.49. The van der Waals surface area contributed by atoms with Crippen LogP contribution in [0.15, 0.2) is 47.4 Å². The summed E-state index contributed by atoms with van der Waals surface area (Å²) in [5.74, 6) is 1.26. The van der Waals surface area contributed by atoms with E-state index in [1.165, 1.54) is 0 Å². The molecule has 140 valence electrons. The number of H-pyrrole nitrogens is 1. The van der Waals surface area contributed by atoms with Crippen molar-refractivity contribution in [1.82, 2.24) is 15.0 Å². The standard InChI is InChI=1S/C20H21ClN4O2/c1-13-14(2)24-19(25-20(13)26)16-5-8-18(23-11-16)22-9-10-27-12-15-3-6-17(21)7-4-15/h3-8,11H,9-10,12H2,1-2H3,(H,22,23)(H,24,25,26). The highest BCUT2D eigenvalue weighted by Gasteiger charge is 2.06. The summed E-state index contributed by atoms with van der Waals surface area (Å²) in [6, 6.07) is 11.3. The summed E-state index contributed by atoms with van der Waals surface area (Å²) in [4.78, 5) is 23.4. The molecule has 2 aromatic heterocycles. The van der Waals surface area contributed by atoms with Crippen molar-refractivity contribution in [2.75, 3.05) is 18.5 Å². The first-order valence-electron chi connectivity index (χ1n) is 8.63. The first-order valence-corrected chi connectivity index (χ1v) is 9.01. The third-order valence-electron chi connectivity index (χ3n) is 4.17. The summed E-state index contributed by atoms with van der Waals surface area (Å²) in [7, 11) is 0. The molecule has 2 heterocycles. The van der Waals surface area contributed by atoms with Crippen LogP contribution in [0.3, 0.4) is 0 Å². The number of aryl methyl sites for hydroxylation is 1. The van der Waals surface area contributed by atoms with Crippen molar-refractivity contribution in [3.05, 3.63) is 74.8 Å². The van der Waals surface area contributed by atoms with Crippen molar-refractivity contribution in [3.8, 4) is 11.4 Å². The molecule has 7 heteroatoms. The molecule has 0 radical (unpaired) electrons. The van der Waals surface area contributed by atoms with Gasteiger partial charge < -0.3 is 15.0 Å². The van der Waals surface area contributed by atoms with Gasteiger partial charge in [0.25, 0.3) is 5.56 Å². The van der Waals surface area contributed by atoms with Crippen molar-refractivity contribution >= 4 is 17.4 Å². The molecule has 2 N–H and O–H groups in total. The molecule has 3 rings (SSSR count). The molecule has 27 heavy (non-hydrogen) atoms. The molecule has 0 bridgehead atoms. The van der Waals surface area contributed by atoms with Crippen molar-refractivity contribution < 1.29 is 4.74 Å². The molecular formula is C20H21ClN4O2. The lowest BCUT2D eigenvalue weighted by molar-refractivity contribution is 0.130. The number of nitrogens with zero attached hydrogens (tertiary/aromatic N) is 2. The van der Waals surface area contributed by atoms with Gasteiger partial charge in [-0.3, -0.25) is 4.79 Å². The number of ether oxygens (including phenoxy) is 1. The Labute approximate surface area is 162 Å². The molecular weight excluding hydrogens is 364 g/mol. The summed E-state index contributed by atoms with van der Waals surface area (Å²) in [6.45, 7) is 5.31. The largest absolute Gasteiger partial charge is 0.375 e. The third-order valence-corrected chi connectivity index (χ3v) is 4.42. The number of benzene rings is 1. The Kier molecular flexibility index (Phi) is 6.21. The SMILES string of the molecule is Cc1nc(-c2ccc(NCCOCc3ccc(Cl)cc3)nc2)[nH]c(=O)c1C. The zero-order valence-electron chi connectivity index (χ0n) is 15.3. The Hall–Kier alpha value is -2.70. The number of hydrogen-bond acceptors (Lipinski definition) is 5. The highest BCUT2D eigenvalue weighted by atomic mass is 35.5. The second-order valence-electron chi connectivity index (χ2n) is 6.16. The van der Waals surface area contributed by atoms with Crippen LogP contribution in [-0.4, -0.2) is 28.1 Å². The van der Waals surface area contributed by atoms with Crippen LogP contribution in [0, 0.1) is 13.8 Å². The van der Waals surface area contributed by atoms with Crippen LogP contribution in [0.5, 0.6) is 0 Å². The van der Waals surface area contributed by atoms with E-state index in [0.717, 1.165) is 22.0 Å². The smallest absolute Gasteiger partial charge is 0.254 e. The van der Waals surface area contributed by atoms with Crippen molar-refractivity contribution in [2.45, 2.75) is 20.5 Å². The molecule has 0 amide bonds. The molecule has 0 aliphatic carbocycles. The number of anilines is 1. The molecule has 0 atom stereocenters. The number of nitrogens with one attached hydrogen (secondary N) is 2. The molecule has 1 aromatic carbocycles. The van der Waals surface area contributed by atoms with Gasteiger partial charge in [0.2, 0.25) is 0 Å². The van der Waals surface area contributed by atoms with E-state index in [-0.39, 0.29) is 5.56 Å². The average molecular weight is 385 g/mol. The minimum Gasteiger partial charge on any atom is -0.375 e. The van der Waals surface area contributed by atoms with Gasteiger partial charge in [0.1, 0.15) is 11.6 Å². The highest BCUT2D eigenvalue weighted by Crippen LogP contribution is 2.15. The van der Waals surface area contributed by atoms with Crippen LogP contribution >= 0.6 is 11.6 Å². The van der Waals surface area contributed by atoms with E-state index in [4.69, 9.17) is 16.3 Å². The lowest BCUT2D eigenvalue weighted by Crippen LogP contribution is -2.14. The fourth-order valence-corrected chi connectivity index (χ4v) is 2.57. The van der Waals surface area contributed by atoms with Gasteiger partial charge in [-0.1, -0.05) is 23.7 Å². The summed E-state index contributed by atoms with van der Waals surface area (Å²) in [5.41, 5.74) is 3.06. The monoisotopic (exact) mass is 384 g/mol. The Bertz CT molecular complexity index is 953. The first-order chi connectivity index (χ1) is 13.0. The number of aromatic nitrogens is 3. The number of pyridine rings is 1. The lowest BCUT2D eigenvalue weighted by Gasteiger charge is -2.08.